The average molecular weight is 535 g/mol. The molecular formula is C28H58N2O7. The highest BCUT2D eigenvalue weighted by Crippen LogP contribution is 2.10. The fourth-order valence-electron chi connectivity index (χ4n) is 3.91. The van der Waals surface area contributed by atoms with Gasteiger partial charge in [0.05, 0.1) is 12.5 Å². The molecule has 0 aromatic carbocycles. The Morgan fingerprint density at radius 2 is 0.973 bits per heavy atom. The number of carbonyl (C=O) groups excluding carboxylic acids is 2. The fourth-order valence-corrected chi connectivity index (χ4v) is 3.91. The lowest BCUT2D eigenvalue weighted by molar-refractivity contribution is -0.368. The third-order valence-corrected chi connectivity index (χ3v) is 6.44. The molecule has 0 saturated carbocycles. The van der Waals surface area contributed by atoms with Crippen LogP contribution in [-0.2, 0) is 9.59 Å². The molecule has 0 saturated heterocycles. The Morgan fingerprint density at radius 1 is 0.622 bits per heavy atom. The van der Waals surface area contributed by atoms with Gasteiger partial charge in [-0.1, -0.05) is 110 Å². The van der Waals surface area contributed by atoms with E-state index in [1.54, 1.807) is 0 Å². The molecule has 0 heterocycles. The summed E-state index contributed by atoms with van der Waals surface area (Å²) in [5.74, 6) is -2.94. The predicted molar refractivity (Wildman–Crippen MR) is 144 cm³/mol. The molecular weight excluding hydrogens is 476 g/mol. The van der Waals surface area contributed by atoms with E-state index >= 15 is 0 Å². The summed E-state index contributed by atoms with van der Waals surface area (Å²) in [6, 6.07) is 0. The topological polar surface area (TPSA) is 178 Å². The highest BCUT2D eigenvalue weighted by Gasteiger charge is 2.34. The Bertz CT molecular complexity index is 513. The van der Waals surface area contributed by atoms with Crippen molar-refractivity contribution in [1.29, 1.82) is 0 Å². The van der Waals surface area contributed by atoms with Gasteiger partial charge < -0.3 is 41.4 Å². The van der Waals surface area contributed by atoms with Gasteiger partial charge in [0.1, 0.15) is 18.3 Å². The molecule has 222 valence electrons. The summed E-state index contributed by atoms with van der Waals surface area (Å²) in [6.07, 6.45) is 14.0. The van der Waals surface area contributed by atoms with E-state index in [2.05, 4.69) is 24.9 Å². The number of hydrogen-bond donors (Lipinski definition) is 6. The van der Waals surface area contributed by atoms with Crippen LogP contribution in [-0.4, -0.2) is 69.8 Å². The van der Waals surface area contributed by atoms with Crippen molar-refractivity contribution in [2.75, 3.05) is 13.1 Å². The van der Waals surface area contributed by atoms with Crippen molar-refractivity contribution in [2.24, 2.45) is 0 Å². The Labute approximate surface area is 225 Å². The molecule has 0 aromatic heterocycles. The van der Waals surface area contributed by atoms with Crippen LogP contribution in [0.5, 0.6) is 0 Å². The van der Waals surface area contributed by atoms with Crippen molar-refractivity contribution in [3.05, 3.63) is 0 Å². The zero-order chi connectivity index (χ0) is 28.3. The van der Waals surface area contributed by atoms with Crippen LogP contribution in [0.15, 0.2) is 0 Å². The normalized spacial score (nSPS) is 14.2. The standard InChI is InChI=1S/C17H33NO7.C11H25N/c1-2-3-4-5-6-7-8-9-10-11-18-16(23)14(21)12(19)13(20)15(22)17(24)25;1-2-3-4-5-6-7-8-9-10-11-12/h12-15,19-22H,2-11H2,1H3,(H,18,23)(H,24,25);2-12H2,1H3/t12-,13-,14+,15-;/m1./s1. The van der Waals surface area contributed by atoms with Crippen LogP contribution in [0.1, 0.15) is 129 Å². The Kier molecular flexibility index (Phi) is 28.4. The number of carboxylic acid groups (broad SMARTS) is 1. The zero-order valence-electron chi connectivity index (χ0n) is 23.7. The lowest BCUT2D eigenvalue weighted by Crippen LogP contribution is -2.55. The summed E-state index contributed by atoms with van der Waals surface area (Å²) >= 11 is 0. The van der Waals surface area contributed by atoms with Gasteiger partial charge in [0.2, 0.25) is 0 Å². The van der Waals surface area contributed by atoms with E-state index in [1.807, 2.05) is 0 Å². The van der Waals surface area contributed by atoms with Crippen LogP contribution in [0.25, 0.3) is 0 Å². The SMILES string of the molecule is CCCCCCCCCCCNC(=O)[C@@H](O)[C@H](O)[C@@H](O)[C@@H](O)C(=O)[O-].CCCCCCCCCCC[NH3+]. The number of carboxylic acids is 1. The summed E-state index contributed by atoms with van der Waals surface area (Å²) in [4.78, 5) is 22.0. The molecule has 37 heavy (non-hydrogen) atoms. The van der Waals surface area contributed by atoms with E-state index in [4.69, 9.17) is 5.11 Å². The molecule has 8 N–H and O–H groups in total. The second kappa shape index (κ2) is 27.8. The van der Waals surface area contributed by atoms with E-state index in [9.17, 15) is 30.0 Å². The lowest BCUT2D eigenvalue weighted by atomic mass is 10.0. The molecule has 0 aliphatic rings. The largest absolute Gasteiger partial charge is 0.547 e. The average Bonchev–Trinajstić information content (AvgIpc) is 2.89. The molecule has 9 heteroatoms. The third-order valence-electron chi connectivity index (χ3n) is 6.44. The molecule has 9 nitrogen and oxygen atoms in total. The second-order valence-electron chi connectivity index (χ2n) is 9.99. The van der Waals surface area contributed by atoms with Crippen molar-refractivity contribution in [3.8, 4) is 0 Å². The molecule has 0 fully saturated rings. The highest BCUT2D eigenvalue weighted by atomic mass is 16.4. The number of aliphatic hydroxyl groups is 4. The molecule has 0 unspecified atom stereocenters. The van der Waals surface area contributed by atoms with E-state index in [0.29, 0.717) is 13.0 Å². The minimum absolute atomic E-state index is 0.303. The number of aliphatic carboxylic acids is 1. The Hall–Kier alpha value is -1.26. The van der Waals surface area contributed by atoms with Crippen LogP contribution < -0.4 is 16.2 Å². The van der Waals surface area contributed by atoms with Crippen molar-refractivity contribution < 1.29 is 40.9 Å². The number of hydrogen-bond acceptors (Lipinski definition) is 7. The van der Waals surface area contributed by atoms with E-state index in [1.165, 1.54) is 89.9 Å². The van der Waals surface area contributed by atoms with Crippen LogP contribution in [0.2, 0.25) is 0 Å². The zero-order valence-corrected chi connectivity index (χ0v) is 23.7. The molecule has 0 radical (unpaired) electrons. The maximum absolute atomic E-state index is 11.6. The van der Waals surface area contributed by atoms with Crippen molar-refractivity contribution >= 4 is 11.9 Å². The third kappa shape index (κ3) is 23.6. The summed E-state index contributed by atoms with van der Waals surface area (Å²) < 4.78 is 0. The highest BCUT2D eigenvalue weighted by molar-refractivity contribution is 5.81. The molecule has 0 bridgehead atoms. The smallest absolute Gasteiger partial charge is 0.251 e. The minimum atomic E-state index is -2.39. The Morgan fingerprint density at radius 3 is 1.35 bits per heavy atom. The van der Waals surface area contributed by atoms with Crippen LogP contribution >= 0.6 is 0 Å². The first-order valence-corrected chi connectivity index (χ1v) is 14.7. The molecule has 1 amide bonds. The van der Waals surface area contributed by atoms with Gasteiger partial charge in [0.25, 0.3) is 5.91 Å². The van der Waals surface area contributed by atoms with E-state index in [-0.39, 0.29) is 0 Å². The number of carbonyl (C=O) groups is 2. The Balaban J connectivity index is 0. The summed E-state index contributed by atoms with van der Waals surface area (Å²) in [7, 11) is 0. The quantitative estimate of drug-likeness (QED) is 0.102. The van der Waals surface area contributed by atoms with Gasteiger partial charge in [0.15, 0.2) is 6.10 Å². The van der Waals surface area contributed by atoms with Crippen LogP contribution in [0.3, 0.4) is 0 Å². The lowest BCUT2D eigenvalue weighted by Gasteiger charge is -2.26. The first-order valence-electron chi connectivity index (χ1n) is 14.7. The fraction of sp³-hybridized carbons (Fsp3) is 0.929. The first-order chi connectivity index (χ1) is 17.7. The number of unbranched alkanes of at least 4 members (excludes halogenated alkanes) is 16. The molecule has 0 aliphatic carbocycles. The molecule has 0 aliphatic heterocycles. The van der Waals surface area contributed by atoms with E-state index < -0.39 is 36.3 Å². The van der Waals surface area contributed by atoms with Gasteiger partial charge in [-0.3, -0.25) is 4.79 Å². The predicted octanol–water partition coefficient (Wildman–Crippen LogP) is 1.59. The summed E-state index contributed by atoms with van der Waals surface area (Å²) in [5, 5.41) is 50.3. The first kappa shape index (κ1) is 37.9. The van der Waals surface area contributed by atoms with Crippen molar-refractivity contribution in [3.63, 3.8) is 0 Å². The van der Waals surface area contributed by atoms with E-state index in [0.717, 1.165) is 25.8 Å². The van der Waals surface area contributed by atoms with Gasteiger partial charge in [-0.25, -0.2) is 0 Å². The summed E-state index contributed by atoms with van der Waals surface area (Å²) in [5.41, 5.74) is 3.84. The second-order valence-corrected chi connectivity index (χ2v) is 9.99. The van der Waals surface area contributed by atoms with Crippen molar-refractivity contribution in [2.45, 2.75) is 154 Å². The number of amides is 1. The minimum Gasteiger partial charge on any atom is -0.547 e. The number of quaternary nitrogens is 1. The monoisotopic (exact) mass is 534 g/mol. The molecule has 0 spiro atoms. The van der Waals surface area contributed by atoms with Gasteiger partial charge in [-0.15, -0.1) is 0 Å². The summed E-state index contributed by atoms with van der Waals surface area (Å²) in [6.45, 7) is 5.87. The maximum atomic E-state index is 11.6. The van der Waals surface area contributed by atoms with Crippen molar-refractivity contribution in [1.82, 2.24) is 5.32 Å². The molecule has 0 aromatic rings. The molecule has 0 rings (SSSR count). The number of rotatable bonds is 24. The van der Waals surface area contributed by atoms with Crippen LogP contribution in [0, 0.1) is 0 Å². The van der Waals surface area contributed by atoms with Gasteiger partial charge in [0, 0.05) is 6.54 Å². The van der Waals surface area contributed by atoms with Crippen LogP contribution in [0.4, 0.5) is 0 Å². The number of nitrogens with one attached hydrogen (secondary N) is 1. The van der Waals surface area contributed by atoms with Gasteiger partial charge >= 0.3 is 0 Å². The number of aliphatic hydroxyl groups excluding tert-OH is 4. The molecule has 4 atom stereocenters. The van der Waals surface area contributed by atoms with Gasteiger partial charge in [-0.2, -0.15) is 0 Å². The van der Waals surface area contributed by atoms with Gasteiger partial charge in [-0.05, 0) is 19.3 Å². The maximum Gasteiger partial charge on any atom is 0.251 e.